The Hall–Kier alpha value is -7.88. The Morgan fingerprint density at radius 1 is 0.345 bits per heavy atom. The van der Waals surface area contributed by atoms with E-state index in [0.717, 1.165) is 0 Å². The Bertz CT molecular complexity index is 4980. The summed E-state index contributed by atoms with van der Waals surface area (Å²) in [5.74, 6) is 1.12. The molecule has 0 saturated carbocycles. The molecule has 2 aromatic heterocycles. The largest absolute Gasteiger partial charge is 0.310 e. The van der Waals surface area contributed by atoms with E-state index in [1.54, 1.807) is 0 Å². The lowest BCUT2D eigenvalue weighted by atomic mass is 9.33. The van der Waals surface area contributed by atoms with Crippen molar-refractivity contribution in [3.8, 4) is 44.8 Å². The third-order valence-electron chi connectivity index (χ3n) is 21.4. The van der Waals surface area contributed by atoms with E-state index < -0.39 is 5.41 Å². The van der Waals surface area contributed by atoms with Gasteiger partial charge in [0.25, 0.3) is 6.71 Å². The van der Waals surface area contributed by atoms with Crippen LogP contribution < -0.4 is 16.4 Å². The smallest absolute Gasteiger partial charge is 0.252 e. The molecule has 0 amide bonds. The molecule has 2 nitrogen and oxygen atoms in total. The van der Waals surface area contributed by atoms with Gasteiger partial charge in [-0.3, -0.25) is 0 Å². The van der Waals surface area contributed by atoms with Crippen molar-refractivity contribution in [2.24, 2.45) is 0 Å². The van der Waals surface area contributed by atoms with Crippen molar-refractivity contribution in [3.05, 3.63) is 219 Å². The van der Waals surface area contributed by atoms with Crippen LogP contribution in [0.1, 0.15) is 204 Å². The normalized spacial score (nSPS) is 14.7. The zero-order chi connectivity index (χ0) is 60.8. The average molecular weight is 1130 g/mol. The van der Waals surface area contributed by atoms with Crippen LogP contribution in [0.4, 0.5) is 0 Å². The summed E-state index contributed by atoms with van der Waals surface area (Å²) in [4.78, 5) is 0. The lowest BCUT2D eigenvalue weighted by Gasteiger charge is -2.45. The van der Waals surface area contributed by atoms with Gasteiger partial charge in [-0.2, -0.15) is 0 Å². The molecule has 0 atom stereocenters. The minimum absolute atomic E-state index is 0.0438. The maximum absolute atomic E-state index is 2.83. The third kappa shape index (κ3) is 7.18. The van der Waals surface area contributed by atoms with Crippen molar-refractivity contribution in [2.45, 2.75) is 169 Å². The maximum atomic E-state index is 2.83. The van der Waals surface area contributed by atoms with Crippen LogP contribution in [0.3, 0.4) is 0 Å². The molecule has 12 aromatic rings. The van der Waals surface area contributed by atoms with Crippen molar-refractivity contribution in [1.82, 2.24) is 9.13 Å². The topological polar surface area (TPSA) is 9.86 Å². The first-order chi connectivity index (χ1) is 41.2. The number of hydrogen-bond acceptors (Lipinski definition) is 0. The number of hydrogen-bond donors (Lipinski definition) is 0. The molecule has 10 aromatic carbocycles. The van der Waals surface area contributed by atoms with Crippen LogP contribution in [0.25, 0.3) is 99.1 Å². The highest BCUT2D eigenvalue weighted by Crippen LogP contribution is 2.63. The monoisotopic (exact) mass is 1130 g/mol. The molecular formula is C84H83BN2. The second-order valence-electron chi connectivity index (χ2n) is 31.8. The molecule has 0 saturated heterocycles. The van der Waals surface area contributed by atoms with Crippen LogP contribution in [0.15, 0.2) is 158 Å². The van der Waals surface area contributed by atoms with Gasteiger partial charge in [0.1, 0.15) is 0 Å². The Labute approximate surface area is 516 Å². The first kappa shape index (κ1) is 54.5. The Morgan fingerprint density at radius 3 is 1.36 bits per heavy atom. The van der Waals surface area contributed by atoms with Gasteiger partial charge < -0.3 is 9.13 Å². The number of fused-ring (bicyclic) bond motifs is 15. The second-order valence-corrected chi connectivity index (χ2v) is 31.8. The fourth-order valence-corrected chi connectivity index (χ4v) is 16.8. The first-order valence-electron chi connectivity index (χ1n) is 32.6. The van der Waals surface area contributed by atoms with E-state index in [1.807, 2.05) is 0 Å². The number of nitrogens with zero attached hydrogens (tertiary/aromatic N) is 2. The molecule has 0 N–H and O–H groups in total. The van der Waals surface area contributed by atoms with Gasteiger partial charge in [-0.05, 0) is 192 Å². The van der Waals surface area contributed by atoms with Crippen LogP contribution in [-0.4, -0.2) is 15.8 Å². The summed E-state index contributed by atoms with van der Waals surface area (Å²) >= 11 is 0. The summed E-state index contributed by atoms with van der Waals surface area (Å²) < 4.78 is 5.62. The van der Waals surface area contributed by atoms with E-state index in [4.69, 9.17) is 0 Å². The quantitative estimate of drug-likeness (QED) is 0.152. The molecule has 0 radical (unpaired) electrons. The van der Waals surface area contributed by atoms with Gasteiger partial charge in [0.15, 0.2) is 0 Å². The van der Waals surface area contributed by atoms with E-state index in [2.05, 4.69) is 291 Å². The molecule has 87 heavy (non-hydrogen) atoms. The van der Waals surface area contributed by atoms with Crippen LogP contribution in [-0.2, 0) is 27.1 Å². The van der Waals surface area contributed by atoms with E-state index in [9.17, 15) is 0 Å². The number of aromatic nitrogens is 2. The lowest BCUT2D eigenvalue weighted by Crippen LogP contribution is -2.61. The highest BCUT2D eigenvalue weighted by Gasteiger charge is 2.55. The number of rotatable bonds is 5. The Kier molecular flexibility index (Phi) is 11.1. The van der Waals surface area contributed by atoms with Gasteiger partial charge in [0.2, 0.25) is 0 Å². The highest BCUT2D eigenvalue weighted by molar-refractivity contribution is 7.00. The van der Waals surface area contributed by atoms with Gasteiger partial charge in [-0.25, -0.2) is 0 Å². The van der Waals surface area contributed by atoms with Gasteiger partial charge >= 0.3 is 0 Å². The van der Waals surface area contributed by atoms with E-state index >= 15 is 0 Å². The van der Waals surface area contributed by atoms with Gasteiger partial charge in [-0.1, -0.05) is 246 Å². The lowest BCUT2D eigenvalue weighted by molar-refractivity contribution is 0.588. The molecule has 0 unspecified atom stereocenters. The summed E-state index contributed by atoms with van der Waals surface area (Å²) in [6.07, 6.45) is 0. The Balaban J connectivity index is 1.18. The zero-order valence-electron chi connectivity index (χ0n) is 54.7. The van der Waals surface area contributed by atoms with E-state index in [-0.39, 0.29) is 28.4 Å². The highest BCUT2D eigenvalue weighted by atomic mass is 15.1. The molecule has 0 fully saturated rings. The Morgan fingerprint density at radius 2 is 0.816 bits per heavy atom. The molecule has 3 heteroatoms. The molecule has 4 aliphatic rings. The maximum Gasteiger partial charge on any atom is 0.252 e. The molecule has 5 heterocycles. The van der Waals surface area contributed by atoms with E-state index in [0.29, 0.717) is 17.8 Å². The fourth-order valence-electron chi connectivity index (χ4n) is 16.8. The predicted molar refractivity (Wildman–Crippen MR) is 376 cm³/mol. The standard InChI is InChI=1S/C84H83BN2/c1-45(2)48-35-59(46(3)4)73(60(36-48)47(5)6)58-30-24-27-53-54(58)28-23-29-55(53)65-44-69-79-74-78(65)86-72-34-33-49(80(7,8)9)37-61(72)62-39-51(82(13,14)15)42-70(76(62)86)85(74)71-43-52(83(16,17)18)40-64-63-38-50(81(10,11)12)41-68(75(63)87(79)77(64)71)84(69)66-31-21-19-25-56(66)57-26-20-22-32-67(57)84/h19-47H,1-18H3. The fraction of sp³-hybridized carbons (Fsp3) is 0.310. The zero-order valence-corrected chi connectivity index (χ0v) is 54.7. The van der Waals surface area contributed by atoms with Crippen molar-refractivity contribution >= 4 is 77.5 Å². The summed E-state index contributed by atoms with van der Waals surface area (Å²) in [7, 11) is 0. The predicted octanol–water partition coefficient (Wildman–Crippen LogP) is 20.7. The van der Waals surface area contributed by atoms with Crippen LogP contribution in [0.2, 0.25) is 0 Å². The third-order valence-corrected chi connectivity index (χ3v) is 21.4. The number of benzene rings is 10. The molecule has 16 rings (SSSR count). The van der Waals surface area contributed by atoms with Gasteiger partial charge in [0, 0.05) is 43.8 Å². The first-order valence-corrected chi connectivity index (χ1v) is 32.6. The summed E-state index contributed by atoms with van der Waals surface area (Å²) in [6, 6.07) is 64.7. The van der Waals surface area contributed by atoms with Crippen LogP contribution in [0.5, 0.6) is 0 Å². The summed E-state index contributed by atoms with van der Waals surface area (Å²) in [6.45, 7) is 43.1. The van der Waals surface area contributed by atoms with Crippen molar-refractivity contribution in [1.29, 1.82) is 0 Å². The average Bonchev–Trinajstić information content (AvgIpc) is 1.55. The van der Waals surface area contributed by atoms with Gasteiger partial charge in [-0.15, -0.1) is 0 Å². The van der Waals surface area contributed by atoms with Crippen LogP contribution >= 0.6 is 0 Å². The van der Waals surface area contributed by atoms with Gasteiger partial charge in [0.05, 0.1) is 22.1 Å². The molecule has 1 aliphatic carbocycles. The minimum atomic E-state index is -0.666. The molecule has 0 bridgehead atoms. The van der Waals surface area contributed by atoms with E-state index in [1.165, 1.54) is 177 Å². The summed E-state index contributed by atoms with van der Waals surface area (Å²) in [5, 5.41) is 8.00. The molecule has 432 valence electrons. The molecule has 1 spiro atoms. The molecule has 3 aliphatic heterocycles. The SMILES string of the molecule is CC(C)c1cc(C(C)C)c(-c2cccc3c(-c4cc5c6c7c4-n4c8ccc(C(C)(C)C)cc8c8cc(C(C)(C)C)cc(c84)B7c4cc(C(C)(C)C)cc7c8cc(C(C)(C)C)cc(c8n-6c47)C54c5ccccc5-c5ccccc54)cccc23)c(C(C)C)c1. The van der Waals surface area contributed by atoms with Crippen molar-refractivity contribution in [3.63, 3.8) is 0 Å². The van der Waals surface area contributed by atoms with Crippen LogP contribution in [0, 0.1) is 0 Å². The van der Waals surface area contributed by atoms with Crippen molar-refractivity contribution in [2.75, 3.05) is 0 Å². The summed E-state index contributed by atoms with van der Waals surface area (Å²) in [5.41, 5.74) is 34.4. The van der Waals surface area contributed by atoms with Crippen molar-refractivity contribution < 1.29 is 0 Å². The molecular weight excluding hydrogens is 1050 g/mol. The second kappa shape index (κ2) is 17.7. The minimum Gasteiger partial charge on any atom is -0.310 e.